The first-order valence-electron chi connectivity index (χ1n) is 15.7. The van der Waals surface area contributed by atoms with Gasteiger partial charge in [-0.25, -0.2) is 4.98 Å². The van der Waals surface area contributed by atoms with Gasteiger partial charge < -0.3 is 34.5 Å². The van der Waals surface area contributed by atoms with E-state index in [2.05, 4.69) is 36.5 Å². The monoisotopic (exact) mass is 677 g/mol. The minimum absolute atomic E-state index is 0.131. The number of nitrogens with one attached hydrogen (secondary N) is 2. The van der Waals surface area contributed by atoms with Crippen LogP contribution in [-0.2, 0) is 23.8 Å². The Bertz CT molecular complexity index is 1120. The second-order valence-electron chi connectivity index (χ2n) is 10.8. The summed E-state index contributed by atoms with van der Waals surface area (Å²) in [4.78, 5) is 34.2. The summed E-state index contributed by atoms with van der Waals surface area (Å²) in [5.41, 5.74) is 0.848. The van der Waals surface area contributed by atoms with Crippen LogP contribution in [0.1, 0.15) is 58.3 Å². The molecule has 0 bridgehead atoms. The fraction of sp³-hybridized carbons (Fsp3) is 0.625. The Labute approximate surface area is 269 Å². The number of ether oxygens (including phenoxy) is 4. The first-order chi connectivity index (χ1) is 21.5. The molecule has 12 heteroatoms. The van der Waals surface area contributed by atoms with E-state index in [1.165, 1.54) is 0 Å². The average molecular weight is 679 g/mol. The number of hydrogen-bond donors (Lipinski definition) is 2. The van der Waals surface area contributed by atoms with Gasteiger partial charge in [-0.05, 0) is 72.3 Å². The molecule has 0 spiro atoms. The quantitative estimate of drug-likeness (QED) is 0.135. The van der Waals surface area contributed by atoms with Crippen molar-refractivity contribution >= 4 is 45.1 Å². The Kier molecular flexibility index (Phi) is 17.1. The third kappa shape index (κ3) is 13.9. The molecule has 3 rings (SSSR count). The van der Waals surface area contributed by atoms with Crippen LogP contribution >= 0.6 is 15.9 Å². The van der Waals surface area contributed by atoms with E-state index >= 15 is 0 Å². The molecule has 1 aliphatic rings. The second kappa shape index (κ2) is 21.0. The largest absolute Gasteiger partial charge is 0.494 e. The molecule has 1 amide bonds. The summed E-state index contributed by atoms with van der Waals surface area (Å²) in [5.74, 6) is 2.49. The molecule has 244 valence electrons. The van der Waals surface area contributed by atoms with E-state index in [0.717, 1.165) is 60.9 Å². The fourth-order valence-electron chi connectivity index (χ4n) is 4.25. The Morgan fingerprint density at radius 1 is 0.955 bits per heavy atom. The lowest BCUT2D eigenvalue weighted by Gasteiger charge is -2.29. The SMILES string of the molecule is CCC(=O)COCCCOCCCCOCCCOc1ccc(Nc2ncc(Br)c(NCCN(C)C(=O)C3CCC3)n2)cc1. The highest BCUT2D eigenvalue weighted by atomic mass is 79.9. The first-order valence-corrected chi connectivity index (χ1v) is 16.5. The Hall–Kier alpha value is -2.80. The first kappa shape index (κ1) is 35.7. The van der Waals surface area contributed by atoms with Gasteiger partial charge in [-0.1, -0.05) is 13.3 Å². The number of Topliss-reactive ketones (excluding diaryl/α,β-unsaturated/α-hetero) is 1. The average Bonchev–Trinajstić information content (AvgIpc) is 3.00. The fourth-order valence-corrected chi connectivity index (χ4v) is 4.58. The lowest BCUT2D eigenvalue weighted by atomic mass is 9.84. The smallest absolute Gasteiger partial charge is 0.229 e. The van der Waals surface area contributed by atoms with Gasteiger partial charge in [-0.2, -0.15) is 4.98 Å². The van der Waals surface area contributed by atoms with Gasteiger partial charge in [0.05, 0.1) is 11.1 Å². The van der Waals surface area contributed by atoms with Crippen molar-refractivity contribution in [1.29, 1.82) is 0 Å². The van der Waals surface area contributed by atoms with Crippen LogP contribution in [0.15, 0.2) is 34.9 Å². The highest BCUT2D eigenvalue weighted by molar-refractivity contribution is 9.10. The molecule has 2 N–H and O–H groups in total. The molecule has 0 saturated heterocycles. The summed E-state index contributed by atoms with van der Waals surface area (Å²) in [5, 5.41) is 6.52. The number of hydrogen-bond acceptors (Lipinski definition) is 10. The number of aromatic nitrogens is 2. The van der Waals surface area contributed by atoms with E-state index < -0.39 is 0 Å². The van der Waals surface area contributed by atoms with Crippen molar-refractivity contribution in [3.63, 3.8) is 0 Å². The summed E-state index contributed by atoms with van der Waals surface area (Å²) >= 11 is 3.50. The molecule has 0 unspecified atom stereocenters. The zero-order valence-electron chi connectivity index (χ0n) is 26.2. The number of amides is 1. The highest BCUT2D eigenvalue weighted by Crippen LogP contribution is 2.28. The molecule has 0 aliphatic heterocycles. The zero-order valence-corrected chi connectivity index (χ0v) is 27.7. The third-order valence-corrected chi connectivity index (χ3v) is 7.77. The lowest BCUT2D eigenvalue weighted by molar-refractivity contribution is -0.136. The minimum atomic E-state index is 0.131. The molecule has 11 nitrogen and oxygen atoms in total. The van der Waals surface area contributed by atoms with Crippen molar-refractivity contribution in [2.45, 2.75) is 58.3 Å². The molecule has 0 radical (unpaired) electrons. The number of carbonyl (C=O) groups excluding carboxylic acids is 2. The molecule has 44 heavy (non-hydrogen) atoms. The van der Waals surface area contributed by atoms with E-state index in [4.69, 9.17) is 18.9 Å². The van der Waals surface area contributed by atoms with Crippen molar-refractivity contribution in [2.75, 3.05) is 77.0 Å². The van der Waals surface area contributed by atoms with Crippen molar-refractivity contribution in [2.24, 2.45) is 5.92 Å². The van der Waals surface area contributed by atoms with Gasteiger partial charge in [-0.3, -0.25) is 9.59 Å². The minimum Gasteiger partial charge on any atom is -0.494 e. The van der Waals surface area contributed by atoms with Crippen LogP contribution < -0.4 is 15.4 Å². The van der Waals surface area contributed by atoms with Crippen LogP contribution in [0.3, 0.4) is 0 Å². The van der Waals surface area contributed by atoms with Gasteiger partial charge in [0.25, 0.3) is 0 Å². The molecule has 1 aromatic heterocycles. The summed E-state index contributed by atoms with van der Waals surface area (Å²) in [7, 11) is 1.85. The summed E-state index contributed by atoms with van der Waals surface area (Å²) in [6.07, 6.45) is 8.91. The van der Waals surface area contributed by atoms with E-state index in [1.807, 2.05) is 38.2 Å². The number of ketones is 1. The van der Waals surface area contributed by atoms with Crippen molar-refractivity contribution in [1.82, 2.24) is 14.9 Å². The summed E-state index contributed by atoms with van der Waals surface area (Å²) in [6, 6.07) is 7.67. The zero-order chi connectivity index (χ0) is 31.4. The van der Waals surface area contributed by atoms with Crippen molar-refractivity contribution < 1.29 is 28.5 Å². The van der Waals surface area contributed by atoms with Crippen LogP contribution in [0.2, 0.25) is 0 Å². The summed E-state index contributed by atoms with van der Waals surface area (Å²) in [6.45, 7) is 7.10. The number of anilines is 3. The van der Waals surface area contributed by atoms with Gasteiger partial charge in [0.15, 0.2) is 5.78 Å². The molecular formula is C32H48BrN5O6. The van der Waals surface area contributed by atoms with E-state index in [0.29, 0.717) is 70.9 Å². The van der Waals surface area contributed by atoms with Gasteiger partial charge in [0.2, 0.25) is 11.9 Å². The molecule has 1 aliphatic carbocycles. The molecule has 2 aromatic rings. The number of benzene rings is 1. The van der Waals surface area contributed by atoms with E-state index in [-0.39, 0.29) is 24.2 Å². The van der Waals surface area contributed by atoms with Crippen LogP contribution in [0.25, 0.3) is 0 Å². The predicted molar refractivity (Wildman–Crippen MR) is 175 cm³/mol. The van der Waals surface area contributed by atoms with E-state index in [1.54, 1.807) is 11.1 Å². The van der Waals surface area contributed by atoms with Gasteiger partial charge in [0, 0.05) is 83.8 Å². The number of nitrogens with zero attached hydrogens (tertiary/aromatic N) is 3. The molecular weight excluding hydrogens is 630 g/mol. The normalized spacial score (nSPS) is 12.9. The topological polar surface area (TPSA) is 124 Å². The second-order valence-corrected chi connectivity index (χ2v) is 11.6. The summed E-state index contributed by atoms with van der Waals surface area (Å²) < 4.78 is 23.2. The standard InChI is InChI=1S/C32H48BrN5O6/c1-3-27(39)24-43-21-7-19-41-17-4-5-18-42-20-8-22-44-28-13-11-26(12-14-28)36-32-35-23-29(33)30(37-32)34-15-16-38(2)31(40)25-9-6-10-25/h11-14,23,25H,3-10,15-22,24H2,1-2H3,(H2,34,35,36,37). The van der Waals surface area contributed by atoms with Crippen LogP contribution in [-0.4, -0.2) is 92.9 Å². The molecule has 1 aromatic carbocycles. The number of unbranched alkanes of at least 4 members (excludes halogenated alkanes) is 1. The Morgan fingerprint density at radius 2 is 1.61 bits per heavy atom. The lowest BCUT2D eigenvalue weighted by Crippen LogP contribution is -2.38. The highest BCUT2D eigenvalue weighted by Gasteiger charge is 2.27. The number of halogens is 1. The Morgan fingerprint density at radius 3 is 2.27 bits per heavy atom. The molecule has 1 saturated carbocycles. The van der Waals surface area contributed by atoms with Gasteiger partial charge >= 0.3 is 0 Å². The molecule has 1 fully saturated rings. The maximum Gasteiger partial charge on any atom is 0.229 e. The predicted octanol–water partition coefficient (Wildman–Crippen LogP) is 5.62. The van der Waals surface area contributed by atoms with Crippen molar-refractivity contribution in [3.8, 4) is 5.75 Å². The van der Waals surface area contributed by atoms with Crippen LogP contribution in [0.5, 0.6) is 5.75 Å². The van der Waals surface area contributed by atoms with Crippen molar-refractivity contribution in [3.05, 3.63) is 34.9 Å². The molecule has 1 heterocycles. The maximum absolute atomic E-state index is 12.3. The van der Waals surface area contributed by atoms with Gasteiger partial charge in [-0.15, -0.1) is 0 Å². The number of rotatable bonds is 24. The maximum atomic E-state index is 12.3. The van der Waals surface area contributed by atoms with E-state index in [9.17, 15) is 9.59 Å². The number of likely N-dealkylation sites (N-methyl/N-ethyl adjacent to an activating group) is 1. The Balaban J connectivity index is 1.21. The molecule has 0 atom stereocenters. The van der Waals surface area contributed by atoms with Crippen LogP contribution in [0.4, 0.5) is 17.5 Å². The van der Waals surface area contributed by atoms with Gasteiger partial charge in [0.1, 0.15) is 18.2 Å². The third-order valence-electron chi connectivity index (χ3n) is 7.19. The number of carbonyl (C=O) groups is 2. The van der Waals surface area contributed by atoms with Crippen LogP contribution in [0, 0.1) is 5.92 Å².